The lowest BCUT2D eigenvalue weighted by Crippen LogP contribution is -2.56. The van der Waals surface area contributed by atoms with Gasteiger partial charge in [-0.2, -0.15) is 0 Å². The fraction of sp³-hybridized carbons (Fsp3) is 0.778. The van der Waals surface area contributed by atoms with Crippen molar-refractivity contribution >= 4 is 23.7 Å². The van der Waals surface area contributed by atoms with Crippen LogP contribution >= 0.6 is 0 Å². The minimum absolute atomic E-state index is 0.337. The SMILES string of the molecule is CC(NC(=O)C(C)NC(=O)C(CCCCN)NC(=O)C(N)CCCCN)C(=O)O. The number of rotatable bonds is 15. The van der Waals surface area contributed by atoms with E-state index in [2.05, 4.69) is 16.0 Å². The lowest BCUT2D eigenvalue weighted by atomic mass is 10.1. The van der Waals surface area contributed by atoms with E-state index in [1.807, 2.05) is 0 Å². The maximum absolute atomic E-state index is 12.6. The molecule has 4 atom stereocenters. The number of carbonyl (C=O) groups is 4. The van der Waals surface area contributed by atoms with E-state index in [4.69, 9.17) is 22.3 Å². The quantitative estimate of drug-likeness (QED) is 0.151. The van der Waals surface area contributed by atoms with E-state index in [0.717, 1.165) is 6.42 Å². The molecule has 29 heavy (non-hydrogen) atoms. The molecule has 3 amide bonds. The highest BCUT2D eigenvalue weighted by Crippen LogP contribution is 2.04. The van der Waals surface area contributed by atoms with Gasteiger partial charge in [-0.15, -0.1) is 0 Å². The van der Waals surface area contributed by atoms with Crippen molar-refractivity contribution in [3.63, 3.8) is 0 Å². The van der Waals surface area contributed by atoms with Gasteiger partial charge in [-0.25, -0.2) is 0 Å². The molecule has 0 aromatic heterocycles. The van der Waals surface area contributed by atoms with Crippen molar-refractivity contribution in [1.82, 2.24) is 16.0 Å². The van der Waals surface area contributed by atoms with Gasteiger partial charge in [0.15, 0.2) is 0 Å². The molecule has 0 radical (unpaired) electrons. The third kappa shape index (κ3) is 11.4. The van der Waals surface area contributed by atoms with E-state index >= 15 is 0 Å². The summed E-state index contributed by atoms with van der Waals surface area (Å²) in [6, 6.07) is -3.70. The fourth-order valence-electron chi connectivity index (χ4n) is 2.46. The number of carboxylic acids is 1. The normalized spacial score (nSPS) is 14.9. The number of hydrogen-bond acceptors (Lipinski definition) is 7. The van der Waals surface area contributed by atoms with E-state index in [1.165, 1.54) is 13.8 Å². The van der Waals surface area contributed by atoms with Crippen molar-refractivity contribution in [3.05, 3.63) is 0 Å². The van der Waals surface area contributed by atoms with Crippen molar-refractivity contribution in [2.75, 3.05) is 13.1 Å². The van der Waals surface area contributed by atoms with Gasteiger partial charge in [-0.05, 0) is 59.0 Å². The molecular formula is C18H36N6O5. The van der Waals surface area contributed by atoms with Crippen LogP contribution in [0.1, 0.15) is 52.4 Å². The van der Waals surface area contributed by atoms with Crippen molar-refractivity contribution in [1.29, 1.82) is 0 Å². The summed E-state index contributed by atoms with van der Waals surface area (Å²) in [5, 5.41) is 16.3. The molecule has 0 heterocycles. The third-order valence-corrected chi connectivity index (χ3v) is 4.37. The highest BCUT2D eigenvalue weighted by molar-refractivity contribution is 5.93. The fourth-order valence-corrected chi connectivity index (χ4v) is 2.46. The molecule has 0 saturated heterocycles. The van der Waals surface area contributed by atoms with Crippen LogP contribution in [0.15, 0.2) is 0 Å². The number of nitrogens with two attached hydrogens (primary N) is 3. The molecule has 0 spiro atoms. The first-order chi connectivity index (χ1) is 13.6. The van der Waals surface area contributed by atoms with Crippen molar-refractivity contribution in [2.24, 2.45) is 17.2 Å². The van der Waals surface area contributed by atoms with Crippen LogP contribution < -0.4 is 33.2 Å². The number of hydrogen-bond donors (Lipinski definition) is 7. The van der Waals surface area contributed by atoms with Crippen LogP contribution in [-0.4, -0.2) is 66.1 Å². The summed E-state index contributed by atoms with van der Waals surface area (Å²) in [6.07, 6.45) is 3.52. The first kappa shape index (κ1) is 26.8. The Morgan fingerprint density at radius 2 is 1.28 bits per heavy atom. The van der Waals surface area contributed by atoms with Crippen LogP contribution in [0.4, 0.5) is 0 Å². The molecule has 0 saturated carbocycles. The first-order valence-corrected chi connectivity index (χ1v) is 9.93. The lowest BCUT2D eigenvalue weighted by Gasteiger charge is -2.23. The van der Waals surface area contributed by atoms with Gasteiger partial charge in [-0.3, -0.25) is 19.2 Å². The summed E-state index contributed by atoms with van der Waals surface area (Å²) >= 11 is 0. The summed E-state index contributed by atoms with van der Waals surface area (Å²) < 4.78 is 0. The average molecular weight is 417 g/mol. The van der Waals surface area contributed by atoms with Gasteiger partial charge in [0.1, 0.15) is 18.1 Å². The smallest absolute Gasteiger partial charge is 0.325 e. The van der Waals surface area contributed by atoms with E-state index in [1.54, 1.807) is 0 Å². The molecule has 0 rings (SSSR count). The van der Waals surface area contributed by atoms with Gasteiger partial charge in [0.05, 0.1) is 6.04 Å². The van der Waals surface area contributed by atoms with Crippen LogP contribution in [0.25, 0.3) is 0 Å². The van der Waals surface area contributed by atoms with E-state index in [-0.39, 0.29) is 0 Å². The highest BCUT2D eigenvalue weighted by Gasteiger charge is 2.27. The molecule has 0 aliphatic rings. The summed E-state index contributed by atoms with van der Waals surface area (Å²) in [7, 11) is 0. The van der Waals surface area contributed by atoms with Crippen LogP contribution in [-0.2, 0) is 19.2 Å². The Morgan fingerprint density at radius 1 is 0.759 bits per heavy atom. The molecule has 4 unspecified atom stereocenters. The Bertz CT molecular complexity index is 545. The zero-order valence-corrected chi connectivity index (χ0v) is 17.3. The highest BCUT2D eigenvalue weighted by atomic mass is 16.4. The molecule has 0 fully saturated rings. The molecule has 168 valence electrons. The average Bonchev–Trinajstić information content (AvgIpc) is 2.66. The number of carbonyl (C=O) groups excluding carboxylic acids is 3. The Labute approximate surface area is 171 Å². The molecule has 11 nitrogen and oxygen atoms in total. The van der Waals surface area contributed by atoms with E-state index < -0.39 is 47.9 Å². The van der Waals surface area contributed by atoms with Gasteiger partial charge in [-0.1, -0.05) is 6.42 Å². The molecule has 10 N–H and O–H groups in total. The van der Waals surface area contributed by atoms with Gasteiger partial charge >= 0.3 is 5.97 Å². The van der Waals surface area contributed by atoms with Crippen molar-refractivity contribution in [3.8, 4) is 0 Å². The Kier molecular flexibility index (Phi) is 13.6. The second-order valence-corrected chi connectivity index (χ2v) is 7.04. The van der Waals surface area contributed by atoms with Gasteiger partial charge in [0.25, 0.3) is 0 Å². The number of aliphatic carboxylic acids is 1. The Balaban J connectivity index is 4.87. The topological polar surface area (TPSA) is 203 Å². The monoisotopic (exact) mass is 416 g/mol. The minimum Gasteiger partial charge on any atom is -0.480 e. The minimum atomic E-state index is -1.19. The Morgan fingerprint density at radius 3 is 1.79 bits per heavy atom. The Hall–Kier alpha value is -2.24. The summed E-state index contributed by atoms with van der Waals surface area (Å²) in [5.41, 5.74) is 16.8. The van der Waals surface area contributed by atoms with E-state index in [9.17, 15) is 19.2 Å². The summed E-state index contributed by atoms with van der Waals surface area (Å²) in [6.45, 7) is 3.71. The number of unbranched alkanes of at least 4 members (excludes halogenated alkanes) is 2. The molecule has 0 aliphatic heterocycles. The number of carboxylic acid groups (broad SMARTS) is 1. The second-order valence-electron chi connectivity index (χ2n) is 7.04. The molecule has 0 aromatic rings. The summed E-state index contributed by atoms with van der Waals surface area (Å²) in [4.78, 5) is 47.8. The molecule has 0 bridgehead atoms. The predicted molar refractivity (Wildman–Crippen MR) is 109 cm³/mol. The second kappa shape index (κ2) is 14.7. The van der Waals surface area contributed by atoms with Gasteiger partial charge < -0.3 is 38.3 Å². The standard InChI is InChI=1S/C18H36N6O5/c1-11(15(25)23-12(2)18(28)29)22-17(27)14(8-4-6-10-20)24-16(26)13(21)7-3-5-9-19/h11-14H,3-10,19-21H2,1-2H3,(H,22,27)(H,23,25)(H,24,26)(H,28,29). The maximum atomic E-state index is 12.6. The lowest BCUT2D eigenvalue weighted by molar-refractivity contribution is -0.141. The molecule has 0 aromatic carbocycles. The van der Waals surface area contributed by atoms with E-state index in [0.29, 0.717) is 45.2 Å². The maximum Gasteiger partial charge on any atom is 0.325 e. The molecule has 0 aliphatic carbocycles. The molecule has 11 heteroatoms. The zero-order valence-electron chi connectivity index (χ0n) is 17.3. The largest absolute Gasteiger partial charge is 0.480 e. The first-order valence-electron chi connectivity index (χ1n) is 9.93. The summed E-state index contributed by atoms with van der Waals surface area (Å²) in [5.74, 6) is -2.83. The zero-order chi connectivity index (χ0) is 22.4. The van der Waals surface area contributed by atoms with Crippen molar-refractivity contribution in [2.45, 2.75) is 76.5 Å². The van der Waals surface area contributed by atoms with Crippen LogP contribution in [0.2, 0.25) is 0 Å². The van der Waals surface area contributed by atoms with Crippen LogP contribution in [0, 0.1) is 0 Å². The third-order valence-electron chi connectivity index (χ3n) is 4.37. The van der Waals surface area contributed by atoms with Gasteiger partial charge in [0, 0.05) is 0 Å². The number of nitrogens with one attached hydrogen (secondary N) is 3. The van der Waals surface area contributed by atoms with Crippen LogP contribution in [0.3, 0.4) is 0 Å². The van der Waals surface area contributed by atoms with Crippen LogP contribution in [0.5, 0.6) is 0 Å². The number of amides is 3. The molecular weight excluding hydrogens is 380 g/mol. The van der Waals surface area contributed by atoms with Gasteiger partial charge in [0.2, 0.25) is 17.7 Å². The van der Waals surface area contributed by atoms with Crippen molar-refractivity contribution < 1.29 is 24.3 Å². The predicted octanol–water partition coefficient (Wildman–Crippen LogP) is -1.85.